The van der Waals surface area contributed by atoms with Crippen molar-refractivity contribution in [1.29, 1.82) is 0 Å². The maximum Gasteiger partial charge on any atom is 0.306 e. The quantitative estimate of drug-likeness (QED) is 0.0195. The van der Waals surface area contributed by atoms with Gasteiger partial charge in [0, 0.05) is 12.8 Å². The number of phosphoric acid groups is 1. The molecule has 0 bridgehead atoms. The zero-order chi connectivity index (χ0) is 45.0. The molecule has 0 saturated heterocycles. The van der Waals surface area contributed by atoms with Crippen LogP contribution in [-0.4, -0.2) is 70.0 Å². The molecule has 0 spiro atoms. The van der Waals surface area contributed by atoms with E-state index in [1.165, 1.54) is 148 Å². The van der Waals surface area contributed by atoms with E-state index < -0.39 is 26.5 Å². The Morgan fingerprint density at radius 3 is 1.33 bits per heavy atom. The minimum Gasteiger partial charge on any atom is -0.756 e. The number of unbranched alkanes of at least 4 members (excludes halogenated alkanes) is 29. The van der Waals surface area contributed by atoms with Gasteiger partial charge in [-0.1, -0.05) is 205 Å². The van der Waals surface area contributed by atoms with Crippen LogP contribution >= 0.6 is 7.82 Å². The third-order valence-corrected chi connectivity index (χ3v) is 12.2. The van der Waals surface area contributed by atoms with E-state index in [9.17, 15) is 19.0 Å². The fourth-order valence-electron chi connectivity index (χ4n) is 7.22. The van der Waals surface area contributed by atoms with Crippen LogP contribution in [0.15, 0.2) is 24.3 Å². The van der Waals surface area contributed by atoms with Gasteiger partial charge in [-0.05, 0) is 44.9 Å². The molecule has 0 rings (SSSR count). The molecule has 0 saturated carbocycles. The number of likely N-dealkylation sites (N-methyl/N-ethyl adjacent to an activating group) is 1. The SMILES string of the molecule is CCCCC/C=C/C/C=C/CCCCCCCC(=O)O[C@H](COC(=O)CCCCCCCCCCCCCCCCCCCCCCCC)COP(=O)([O-])OCC[N+](C)(C)C. The summed E-state index contributed by atoms with van der Waals surface area (Å²) in [6.45, 7) is 4.22. The minimum absolute atomic E-state index is 0.0317. The van der Waals surface area contributed by atoms with E-state index in [-0.39, 0.29) is 32.0 Å². The Morgan fingerprint density at radius 2 is 0.885 bits per heavy atom. The first-order chi connectivity index (χ1) is 29.5. The molecule has 0 aliphatic heterocycles. The molecule has 0 aromatic rings. The van der Waals surface area contributed by atoms with Gasteiger partial charge in [-0.15, -0.1) is 0 Å². The largest absolute Gasteiger partial charge is 0.756 e. The standard InChI is InChI=1S/C51H98NO8P/c1-6-8-10-12-14-16-18-20-22-23-24-25-26-27-28-30-31-33-35-37-39-41-43-50(53)57-47-49(48-59-61(55,56)58-46-45-52(3,4)5)60-51(54)44-42-40-38-36-34-32-29-21-19-17-15-13-11-9-7-2/h15,17,21,29,49H,6-14,16,18-20,22-28,30-48H2,1-5H3/b17-15+,29-21+/t49-/m1/s1. The number of nitrogens with zero attached hydrogens (tertiary/aromatic N) is 1. The summed E-state index contributed by atoms with van der Waals surface area (Å²) in [4.78, 5) is 37.7. The highest BCUT2D eigenvalue weighted by atomic mass is 31.2. The molecule has 9 nitrogen and oxygen atoms in total. The van der Waals surface area contributed by atoms with Crippen molar-refractivity contribution in [3.8, 4) is 0 Å². The molecule has 0 radical (unpaired) electrons. The number of hydrogen-bond acceptors (Lipinski definition) is 8. The molecule has 0 amide bonds. The van der Waals surface area contributed by atoms with Gasteiger partial charge in [-0.25, -0.2) is 0 Å². The van der Waals surface area contributed by atoms with Crippen molar-refractivity contribution in [1.82, 2.24) is 0 Å². The molecule has 360 valence electrons. The summed E-state index contributed by atoms with van der Waals surface area (Å²) in [5.74, 6) is -0.839. The summed E-state index contributed by atoms with van der Waals surface area (Å²) in [7, 11) is 1.16. The summed E-state index contributed by atoms with van der Waals surface area (Å²) in [6, 6.07) is 0. The second kappa shape index (κ2) is 43.7. The van der Waals surface area contributed by atoms with Gasteiger partial charge >= 0.3 is 11.9 Å². The maximum atomic E-state index is 12.7. The van der Waals surface area contributed by atoms with Gasteiger partial charge in [-0.3, -0.25) is 14.2 Å². The fourth-order valence-corrected chi connectivity index (χ4v) is 7.94. The monoisotopic (exact) mass is 884 g/mol. The lowest BCUT2D eigenvalue weighted by molar-refractivity contribution is -0.870. The topological polar surface area (TPSA) is 111 Å². The van der Waals surface area contributed by atoms with Crippen molar-refractivity contribution >= 4 is 19.8 Å². The van der Waals surface area contributed by atoms with Crippen molar-refractivity contribution in [2.24, 2.45) is 0 Å². The highest BCUT2D eigenvalue weighted by Crippen LogP contribution is 2.38. The molecule has 61 heavy (non-hydrogen) atoms. The molecule has 0 fully saturated rings. The second-order valence-corrected chi connectivity index (χ2v) is 20.0. The van der Waals surface area contributed by atoms with Crippen LogP contribution in [0.1, 0.15) is 239 Å². The van der Waals surface area contributed by atoms with Crippen molar-refractivity contribution in [2.75, 3.05) is 47.5 Å². The molecule has 0 N–H and O–H groups in total. The first kappa shape index (κ1) is 59.5. The lowest BCUT2D eigenvalue weighted by atomic mass is 10.0. The lowest BCUT2D eigenvalue weighted by Gasteiger charge is -2.28. The van der Waals surface area contributed by atoms with Gasteiger partial charge in [0.2, 0.25) is 0 Å². The summed E-state index contributed by atoms with van der Waals surface area (Å²) < 4.78 is 34.0. The van der Waals surface area contributed by atoms with Crippen LogP contribution < -0.4 is 4.89 Å². The number of hydrogen-bond donors (Lipinski definition) is 0. The fraction of sp³-hybridized carbons (Fsp3) is 0.882. The van der Waals surface area contributed by atoms with Gasteiger partial charge in [0.05, 0.1) is 27.7 Å². The molecule has 0 heterocycles. The van der Waals surface area contributed by atoms with Crippen LogP contribution in [0.5, 0.6) is 0 Å². The number of rotatable bonds is 47. The third kappa shape index (κ3) is 47.8. The Morgan fingerprint density at radius 1 is 0.508 bits per heavy atom. The van der Waals surface area contributed by atoms with E-state index in [0.29, 0.717) is 17.4 Å². The van der Waals surface area contributed by atoms with Crippen LogP contribution in [0, 0.1) is 0 Å². The average molecular weight is 884 g/mol. The van der Waals surface area contributed by atoms with Crippen LogP contribution in [0.3, 0.4) is 0 Å². The molecule has 1 unspecified atom stereocenters. The van der Waals surface area contributed by atoms with Crippen LogP contribution in [0.4, 0.5) is 0 Å². The normalized spacial score (nSPS) is 13.6. The third-order valence-electron chi connectivity index (χ3n) is 11.2. The summed E-state index contributed by atoms with van der Waals surface area (Å²) in [5, 5.41) is 0. The van der Waals surface area contributed by atoms with Gasteiger partial charge in [-0.2, -0.15) is 0 Å². The first-order valence-corrected chi connectivity index (χ1v) is 27.0. The minimum atomic E-state index is -4.63. The Hall–Kier alpha value is -1.51. The lowest BCUT2D eigenvalue weighted by Crippen LogP contribution is -2.37. The van der Waals surface area contributed by atoms with Gasteiger partial charge in [0.15, 0.2) is 6.10 Å². The Balaban J connectivity index is 4.20. The predicted molar refractivity (Wildman–Crippen MR) is 254 cm³/mol. The van der Waals surface area contributed by atoms with Crippen molar-refractivity contribution in [2.45, 2.75) is 245 Å². The van der Waals surface area contributed by atoms with Crippen molar-refractivity contribution < 1.29 is 42.1 Å². The zero-order valence-electron chi connectivity index (χ0n) is 40.6. The van der Waals surface area contributed by atoms with Gasteiger partial charge < -0.3 is 27.9 Å². The number of esters is 2. The van der Waals surface area contributed by atoms with Crippen molar-refractivity contribution in [3.05, 3.63) is 24.3 Å². The highest BCUT2D eigenvalue weighted by molar-refractivity contribution is 7.45. The van der Waals surface area contributed by atoms with Crippen LogP contribution in [-0.2, 0) is 32.7 Å². The molecule has 10 heteroatoms. The highest BCUT2D eigenvalue weighted by Gasteiger charge is 2.21. The zero-order valence-corrected chi connectivity index (χ0v) is 41.5. The van der Waals surface area contributed by atoms with Crippen molar-refractivity contribution in [3.63, 3.8) is 0 Å². The summed E-state index contributed by atoms with van der Waals surface area (Å²) >= 11 is 0. The first-order valence-electron chi connectivity index (χ1n) is 25.5. The van der Waals surface area contributed by atoms with Gasteiger partial charge in [0.1, 0.15) is 19.8 Å². The number of carbonyl (C=O) groups excluding carboxylic acids is 2. The summed E-state index contributed by atoms with van der Waals surface area (Å²) in [6.07, 6.45) is 49.2. The Labute approximate surface area is 377 Å². The predicted octanol–water partition coefficient (Wildman–Crippen LogP) is 14.5. The van der Waals surface area contributed by atoms with E-state index in [1.54, 1.807) is 0 Å². The average Bonchev–Trinajstić information content (AvgIpc) is 3.21. The molecular weight excluding hydrogens is 786 g/mol. The Bertz CT molecular complexity index is 1090. The van der Waals surface area contributed by atoms with E-state index in [4.69, 9.17) is 18.5 Å². The summed E-state index contributed by atoms with van der Waals surface area (Å²) in [5.41, 5.74) is 0. The number of allylic oxidation sites excluding steroid dienone is 4. The van der Waals surface area contributed by atoms with E-state index >= 15 is 0 Å². The molecule has 0 aliphatic rings. The van der Waals surface area contributed by atoms with E-state index in [0.717, 1.165) is 57.8 Å². The van der Waals surface area contributed by atoms with E-state index in [2.05, 4.69) is 38.2 Å². The molecule has 0 aliphatic carbocycles. The maximum absolute atomic E-state index is 12.7. The van der Waals surface area contributed by atoms with Gasteiger partial charge in [0.25, 0.3) is 7.82 Å². The number of carbonyl (C=O) groups is 2. The molecular formula is C51H98NO8P. The van der Waals surface area contributed by atoms with Crippen LogP contribution in [0.25, 0.3) is 0 Å². The molecule has 2 atom stereocenters. The van der Waals surface area contributed by atoms with Crippen LogP contribution in [0.2, 0.25) is 0 Å². The smallest absolute Gasteiger partial charge is 0.306 e. The Kier molecular flexibility index (Phi) is 42.6. The second-order valence-electron chi connectivity index (χ2n) is 18.5. The molecule has 0 aromatic heterocycles. The van der Waals surface area contributed by atoms with E-state index in [1.807, 2.05) is 21.1 Å². The number of quaternary nitrogens is 1. The molecule has 0 aromatic carbocycles. The number of ether oxygens (including phenoxy) is 2. The number of phosphoric ester groups is 1.